The topological polar surface area (TPSA) is 0 Å². The van der Waals surface area contributed by atoms with Crippen LogP contribution in [0.25, 0.3) is 0 Å². The average molecular weight is 328 g/mol. The summed E-state index contributed by atoms with van der Waals surface area (Å²) in [4.78, 5) is 0. The van der Waals surface area contributed by atoms with Crippen molar-refractivity contribution < 1.29 is 8.78 Å². The van der Waals surface area contributed by atoms with E-state index in [4.69, 9.17) is 0 Å². The lowest BCUT2D eigenvalue weighted by atomic mass is 10.3. The van der Waals surface area contributed by atoms with Gasteiger partial charge in [0.25, 0.3) is 0 Å². The number of halogens is 3. The minimum atomic E-state index is -1.91. The van der Waals surface area contributed by atoms with Gasteiger partial charge in [-0.25, -0.2) is 8.78 Å². The van der Waals surface area contributed by atoms with E-state index in [0.29, 0.717) is 8.76 Å². The Labute approximate surface area is 98.9 Å². The summed E-state index contributed by atoms with van der Waals surface area (Å²) in [5, 5.41) is 0.305. The highest BCUT2D eigenvalue weighted by atomic mass is 127. The Morgan fingerprint density at radius 1 is 1.14 bits per heavy atom. The number of hydrogen-bond donors (Lipinski definition) is 0. The van der Waals surface area contributed by atoms with Gasteiger partial charge in [0.05, 0.1) is 8.07 Å². The van der Waals surface area contributed by atoms with Crippen LogP contribution in [0.3, 0.4) is 0 Å². The predicted molar refractivity (Wildman–Crippen MR) is 68.8 cm³/mol. The Morgan fingerprint density at radius 2 is 1.64 bits per heavy atom. The normalized spacial score (nSPS) is 11.0. The smallest absolute Gasteiger partial charge is 0.138 e. The largest absolute Gasteiger partial charge is 0.207 e. The molecule has 0 radical (unpaired) electrons. The first-order valence-corrected chi connectivity index (χ1v) is 8.56. The second kappa shape index (κ2) is 4.70. The van der Waals surface area contributed by atoms with Crippen LogP contribution in [-0.2, 0) is 0 Å². The first-order chi connectivity index (χ1) is 5.84. The summed E-state index contributed by atoms with van der Waals surface area (Å²) in [5.74, 6) is -0.781. The molecule has 0 unspecified atom stereocenters. The molecule has 1 aromatic rings. The lowest BCUT2D eigenvalue weighted by Crippen LogP contribution is -2.42. The van der Waals surface area contributed by atoms with Crippen molar-refractivity contribution in [2.24, 2.45) is 0 Å². The fourth-order valence-electron chi connectivity index (χ4n) is 1.21. The third-order valence-corrected chi connectivity index (χ3v) is 4.59. The molecule has 14 heavy (non-hydrogen) atoms. The monoisotopic (exact) mass is 328 g/mol. The fourth-order valence-corrected chi connectivity index (χ4v) is 3.51. The molecular weight excluding hydrogens is 313 g/mol. The number of benzene rings is 1. The third-order valence-electron chi connectivity index (χ3n) is 1.79. The van der Waals surface area contributed by atoms with Crippen LogP contribution in [0.15, 0.2) is 12.1 Å². The molecule has 0 aromatic heterocycles. The lowest BCUT2D eigenvalue weighted by Gasteiger charge is -2.18. The maximum Gasteiger partial charge on any atom is 0.138 e. The van der Waals surface area contributed by atoms with Gasteiger partial charge in [-0.2, -0.15) is 0 Å². The van der Waals surface area contributed by atoms with Crippen LogP contribution >= 0.6 is 22.6 Å². The molecule has 1 rings (SSSR count). The van der Waals surface area contributed by atoms with Crippen LogP contribution < -0.4 is 5.19 Å². The van der Waals surface area contributed by atoms with E-state index in [1.54, 1.807) is 0 Å². The summed E-state index contributed by atoms with van der Waals surface area (Å²) in [6, 6.07) is 2.81. The Morgan fingerprint density at radius 3 is 2.00 bits per heavy atom. The molecule has 0 nitrogen and oxygen atoms in total. The van der Waals surface area contributed by atoms with Crippen molar-refractivity contribution in [2.45, 2.75) is 27.1 Å². The molecule has 0 aliphatic carbocycles. The number of rotatable bonds is 1. The summed E-state index contributed by atoms with van der Waals surface area (Å²) >= 11 is 1.89. The number of hydrogen-bond acceptors (Lipinski definition) is 0. The molecular formula is C10H15F2ISi. The minimum absolute atomic E-state index is 0. The van der Waals surface area contributed by atoms with Gasteiger partial charge in [-0.1, -0.05) is 27.1 Å². The Balaban J connectivity index is 0.00000169. The summed E-state index contributed by atoms with van der Waals surface area (Å²) in [7, 11) is -1.91. The molecule has 0 bridgehead atoms. The summed E-state index contributed by atoms with van der Waals surface area (Å²) in [6.07, 6.45) is 0. The van der Waals surface area contributed by atoms with Gasteiger partial charge in [0.1, 0.15) is 11.6 Å². The quantitative estimate of drug-likeness (QED) is 0.418. The van der Waals surface area contributed by atoms with Crippen molar-refractivity contribution in [2.75, 3.05) is 0 Å². The Kier molecular flexibility index (Phi) is 4.71. The summed E-state index contributed by atoms with van der Waals surface area (Å²) < 4.78 is 27.4. The van der Waals surface area contributed by atoms with E-state index in [1.165, 1.54) is 12.1 Å². The van der Waals surface area contributed by atoms with E-state index in [-0.39, 0.29) is 13.2 Å². The molecule has 0 heterocycles. The molecule has 4 heteroatoms. The Hall–Kier alpha value is 0.0269. The molecule has 1 aromatic carbocycles. The van der Waals surface area contributed by atoms with Crippen molar-refractivity contribution in [1.82, 2.24) is 0 Å². The van der Waals surface area contributed by atoms with Gasteiger partial charge in [0.2, 0.25) is 0 Å². The maximum absolute atomic E-state index is 13.5. The SMILES string of the molecule is C.C[Si](C)(C)c1c(F)ccc(I)c1F. The average Bonchev–Trinajstić information content (AvgIpc) is 1.95. The third kappa shape index (κ3) is 2.76. The molecule has 0 N–H and O–H groups in total. The van der Waals surface area contributed by atoms with Crippen LogP contribution in [0.1, 0.15) is 7.43 Å². The van der Waals surface area contributed by atoms with E-state index in [2.05, 4.69) is 0 Å². The highest BCUT2D eigenvalue weighted by Crippen LogP contribution is 2.15. The summed E-state index contributed by atoms with van der Waals surface area (Å²) in [6.45, 7) is 5.81. The van der Waals surface area contributed by atoms with Crippen LogP contribution in [0, 0.1) is 15.2 Å². The zero-order valence-electron chi connectivity index (χ0n) is 7.79. The van der Waals surface area contributed by atoms with E-state index < -0.39 is 13.9 Å². The molecule has 0 saturated heterocycles. The molecule has 0 saturated carbocycles. The van der Waals surface area contributed by atoms with E-state index in [0.717, 1.165) is 0 Å². The van der Waals surface area contributed by atoms with E-state index >= 15 is 0 Å². The van der Waals surface area contributed by atoms with Gasteiger partial charge >= 0.3 is 0 Å². The first kappa shape index (κ1) is 14.0. The van der Waals surface area contributed by atoms with Crippen molar-refractivity contribution in [3.8, 4) is 0 Å². The van der Waals surface area contributed by atoms with E-state index in [1.807, 2.05) is 42.2 Å². The lowest BCUT2D eigenvalue weighted by molar-refractivity contribution is 0.591. The van der Waals surface area contributed by atoms with Crippen molar-refractivity contribution in [3.63, 3.8) is 0 Å². The van der Waals surface area contributed by atoms with E-state index in [9.17, 15) is 8.78 Å². The molecule has 0 spiro atoms. The highest BCUT2D eigenvalue weighted by molar-refractivity contribution is 14.1. The van der Waals surface area contributed by atoms with Crippen LogP contribution in [0.2, 0.25) is 19.6 Å². The van der Waals surface area contributed by atoms with Crippen LogP contribution in [0.5, 0.6) is 0 Å². The van der Waals surface area contributed by atoms with Gasteiger partial charge < -0.3 is 0 Å². The molecule has 0 aliphatic rings. The standard InChI is InChI=1S/C9H11F2ISi.CH4/c1-13(2,3)9-6(10)4-5-7(12)8(9)11;/h4-5H,1-3H3;1H4. The van der Waals surface area contributed by atoms with Gasteiger partial charge in [-0.3, -0.25) is 0 Å². The molecule has 0 aliphatic heterocycles. The molecule has 0 atom stereocenters. The van der Waals surface area contributed by atoms with Crippen molar-refractivity contribution in [1.29, 1.82) is 0 Å². The zero-order chi connectivity index (χ0) is 10.2. The second-order valence-electron chi connectivity index (χ2n) is 3.97. The molecule has 0 amide bonds. The van der Waals surface area contributed by atoms with Gasteiger partial charge in [-0.05, 0) is 34.7 Å². The maximum atomic E-state index is 13.5. The highest BCUT2D eigenvalue weighted by Gasteiger charge is 2.25. The van der Waals surface area contributed by atoms with Crippen molar-refractivity contribution in [3.05, 3.63) is 27.3 Å². The molecule has 80 valence electrons. The van der Waals surface area contributed by atoms with Gasteiger partial charge in [0.15, 0.2) is 0 Å². The summed E-state index contributed by atoms with van der Waals surface area (Å²) in [5.41, 5.74) is 0. The Bertz CT molecular complexity index is 332. The predicted octanol–water partition coefficient (Wildman–Crippen LogP) is 3.75. The van der Waals surface area contributed by atoms with Crippen LogP contribution in [-0.4, -0.2) is 8.07 Å². The minimum Gasteiger partial charge on any atom is -0.207 e. The van der Waals surface area contributed by atoms with Gasteiger partial charge in [0, 0.05) is 8.76 Å². The first-order valence-electron chi connectivity index (χ1n) is 3.98. The van der Waals surface area contributed by atoms with Crippen LogP contribution in [0.4, 0.5) is 8.78 Å². The second-order valence-corrected chi connectivity index (χ2v) is 10.1. The zero-order valence-corrected chi connectivity index (χ0v) is 10.9. The van der Waals surface area contributed by atoms with Gasteiger partial charge in [-0.15, -0.1) is 0 Å². The fraction of sp³-hybridized carbons (Fsp3) is 0.400. The molecule has 0 fully saturated rings. The van der Waals surface area contributed by atoms with Crippen molar-refractivity contribution >= 4 is 35.9 Å².